The van der Waals surface area contributed by atoms with E-state index in [1.165, 1.54) is 38.8 Å². The van der Waals surface area contributed by atoms with E-state index in [2.05, 4.69) is 34.5 Å². The van der Waals surface area contributed by atoms with Gasteiger partial charge in [-0.3, -0.25) is 4.99 Å². The van der Waals surface area contributed by atoms with Crippen molar-refractivity contribution in [3.8, 4) is 0 Å². The molecule has 0 aliphatic carbocycles. The first-order valence-corrected chi connectivity index (χ1v) is 8.38. The van der Waals surface area contributed by atoms with Crippen LogP contribution in [0.1, 0.15) is 39.0 Å². The molecule has 2 heterocycles. The van der Waals surface area contributed by atoms with Crippen molar-refractivity contribution in [2.24, 2.45) is 10.9 Å². The summed E-state index contributed by atoms with van der Waals surface area (Å²) in [6.07, 6.45) is 6.20. The van der Waals surface area contributed by atoms with Crippen LogP contribution in [0.15, 0.2) is 4.99 Å². The number of likely N-dealkylation sites (tertiary alicyclic amines) is 1. The normalized spacial score (nSPS) is 28.8. The minimum atomic E-state index is -0.0222. The zero-order valence-corrected chi connectivity index (χ0v) is 14.0. The summed E-state index contributed by atoms with van der Waals surface area (Å²) >= 11 is 0. The highest BCUT2D eigenvalue weighted by Crippen LogP contribution is 2.23. The Bertz CT molecular complexity index is 331. The van der Waals surface area contributed by atoms with E-state index in [9.17, 15) is 0 Å². The van der Waals surface area contributed by atoms with E-state index in [1.54, 1.807) is 0 Å². The first-order valence-electron chi connectivity index (χ1n) is 8.38. The molecule has 122 valence electrons. The van der Waals surface area contributed by atoms with Gasteiger partial charge in [0.05, 0.1) is 5.60 Å². The monoisotopic (exact) mass is 296 g/mol. The van der Waals surface area contributed by atoms with Gasteiger partial charge in [-0.15, -0.1) is 0 Å². The average Bonchev–Trinajstić information content (AvgIpc) is 2.92. The molecular formula is C16H32N4O. The summed E-state index contributed by atoms with van der Waals surface area (Å²) in [4.78, 5) is 6.73. The predicted octanol–water partition coefficient (Wildman–Crippen LogP) is 1.45. The molecule has 2 aliphatic rings. The average molecular weight is 296 g/mol. The van der Waals surface area contributed by atoms with Crippen molar-refractivity contribution >= 4 is 5.96 Å². The Hall–Kier alpha value is -0.810. The highest BCUT2D eigenvalue weighted by molar-refractivity contribution is 5.79. The Kier molecular flexibility index (Phi) is 6.30. The second kappa shape index (κ2) is 7.99. The lowest BCUT2D eigenvalue weighted by atomic mass is 9.94. The molecule has 21 heavy (non-hydrogen) atoms. The quantitative estimate of drug-likeness (QED) is 0.595. The summed E-state index contributed by atoms with van der Waals surface area (Å²) < 4.78 is 5.80. The molecule has 0 spiro atoms. The Labute approximate surface area is 129 Å². The first-order chi connectivity index (χ1) is 10.1. The van der Waals surface area contributed by atoms with Gasteiger partial charge < -0.3 is 20.3 Å². The molecule has 5 heteroatoms. The summed E-state index contributed by atoms with van der Waals surface area (Å²) in [6, 6.07) is 0. The van der Waals surface area contributed by atoms with Gasteiger partial charge in [-0.1, -0.05) is 0 Å². The van der Waals surface area contributed by atoms with Gasteiger partial charge in [0.25, 0.3) is 0 Å². The van der Waals surface area contributed by atoms with Crippen molar-refractivity contribution < 1.29 is 4.74 Å². The van der Waals surface area contributed by atoms with Gasteiger partial charge in [0.2, 0.25) is 0 Å². The van der Waals surface area contributed by atoms with Crippen LogP contribution >= 0.6 is 0 Å². The molecule has 2 rings (SSSR count). The second-order valence-electron chi connectivity index (χ2n) is 6.79. The van der Waals surface area contributed by atoms with Crippen LogP contribution in [-0.2, 0) is 4.74 Å². The van der Waals surface area contributed by atoms with Crippen molar-refractivity contribution in [3.05, 3.63) is 0 Å². The van der Waals surface area contributed by atoms with Crippen LogP contribution in [0.2, 0.25) is 0 Å². The van der Waals surface area contributed by atoms with Gasteiger partial charge in [0, 0.05) is 26.7 Å². The molecule has 2 fully saturated rings. The maximum Gasteiger partial charge on any atom is 0.191 e. The Morgan fingerprint density at radius 2 is 2.10 bits per heavy atom. The number of ether oxygens (including phenoxy) is 1. The third-order valence-electron chi connectivity index (χ3n) is 4.84. The number of aliphatic imine (C=N–C) groups is 1. The summed E-state index contributed by atoms with van der Waals surface area (Å²) in [5.74, 6) is 1.77. The van der Waals surface area contributed by atoms with E-state index in [4.69, 9.17) is 4.74 Å². The smallest absolute Gasteiger partial charge is 0.191 e. The number of hydrogen-bond acceptors (Lipinski definition) is 3. The number of rotatable bonds is 5. The van der Waals surface area contributed by atoms with E-state index < -0.39 is 0 Å². The fraction of sp³-hybridized carbons (Fsp3) is 0.938. The number of nitrogens with one attached hydrogen (secondary N) is 2. The highest BCUT2D eigenvalue weighted by atomic mass is 16.5. The van der Waals surface area contributed by atoms with E-state index in [0.717, 1.165) is 38.0 Å². The predicted molar refractivity (Wildman–Crippen MR) is 87.8 cm³/mol. The standard InChI is InChI=1S/C16H32N4O/c1-16(8-4-12-21-16)13-19-15(17-2)18-9-5-14-6-10-20(3)11-7-14/h14H,4-13H2,1-3H3,(H2,17,18,19). The van der Waals surface area contributed by atoms with Crippen LogP contribution in [-0.4, -0.2) is 63.3 Å². The van der Waals surface area contributed by atoms with Gasteiger partial charge in [0.1, 0.15) is 0 Å². The van der Waals surface area contributed by atoms with E-state index in [0.29, 0.717) is 0 Å². The SMILES string of the molecule is CN=C(NCCC1CCN(C)CC1)NCC1(C)CCCO1. The number of nitrogens with zero attached hydrogens (tertiary/aromatic N) is 2. The van der Waals surface area contributed by atoms with Gasteiger partial charge in [-0.05, 0) is 65.1 Å². The van der Waals surface area contributed by atoms with Crippen LogP contribution in [0.5, 0.6) is 0 Å². The molecular weight excluding hydrogens is 264 g/mol. The lowest BCUT2D eigenvalue weighted by Crippen LogP contribution is -2.46. The van der Waals surface area contributed by atoms with Crippen molar-refractivity contribution in [2.75, 3.05) is 46.9 Å². The fourth-order valence-electron chi connectivity index (χ4n) is 3.21. The van der Waals surface area contributed by atoms with E-state index >= 15 is 0 Å². The Morgan fingerprint density at radius 3 is 2.71 bits per heavy atom. The minimum Gasteiger partial charge on any atom is -0.373 e. The summed E-state index contributed by atoms with van der Waals surface area (Å²) in [5.41, 5.74) is -0.0222. The van der Waals surface area contributed by atoms with Crippen molar-refractivity contribution in [1.82, 2.24) is 15.5 Å². The van der Waals surface area contributed by atoms with Crippen LogP contribution in [0.3, 0.4) is 0 Å². The fourth-order valence-corrected chi connectivity index (χ4v) is 3.21. The molecule has 2 N–H and O–H groups in total. The van der Waals surface area contributed by atoms with Crippen LogP contribution in [0, 0.1) is 5.92 Å². The molecule has 1 unspecified atom stereocenters. The highest BCUT2D eigenvalue weighted by Gasteiger charge is 2.29. The Balaban J connectivity index is 1.61. The number of guanidine groups is 1. The molecule has 2 saturated heterocycles. The van der Waals surface area contributed by atoms with E-state index in [1.807, 2.05) is 7.05 Å². The number of hydrogen-bond donors (Lipinski definition) is 2. The zero-order chi connectivity index (χ0) is 15.1. The third kappa shape index (κ3) is 5.47. The zero-order valence-electron chi connectivity index (χ0n) is 14.0. The van der Waals surface area contributed by atoms with Gasteiger partial charge in [-0.25, -0.2) is 0 Å². The second-order valence-corrected chi connectivity index (χ2v) is 6.79. The van der Waals surface area contributed by atoms with Gasteiger partial charge in [-0.2, -0.15) is 0 Å². The first kappa shape index (κ1) is 16.6. The molecule has 2 aliphatic heterocycles. The van der Waals surface area contributed by atoms with Crippen molar-refractivity contribution in [3.63, 3.8) is 0 Å². The maximum atomic E-state index is 5.80. The third-order valence-corrected chi connectivity index (χ3v) is 4.84. The molecule has 0 amide bonds. The van der Waals surface area contributed by atoms with Crippen LogP contribution in [0.25, 0.3) is 0 Å². The van der Waals surface area contributed by atoms with Gasteiger partial charge in [0.15, 0.2) is 5.96 Å². The topological polar surface area (TPSA) is 48.9 Å². The maximum absolute atomic E-state index is 5.80. The van der Waals surface area contributed by atoms with E-state index in [-0.39, 0.29) is 5.60 Å². The molecule has 1 atom stereocenters. The lowest BCUT2D eigenvalue weighted by molar-refractivity contribution is 0.0243. The minimum absolute atomic E-state index is 0.0222. The van der Waals surface area contributed by atoms with Crippen molar-refractivity contribution in [1.29, 1.82) is 0 Å². The summed E-state index contributed by atoms with van der Waals surface area (Å²) in [7, 11) is 4.05. The number of piperidine rings is 1. The largest absolute Gasteiger partial charge is 0.373 e. The molecule has 5 nitrogen and oxygen atoms in total. The summed E-state index contributed by atoms with van der Waals surface area (Å²) in [6.45, 7) is 7.40. The Morgan fingerprint density at radius 1 is 1.33 bits per heavy atom. The molecule has 0 saturated carbocycles. The van der Waals surface area contributed by atoms with Crippen molar-refractivity contribution in [2.45, 2.75) is 44.6 Å². The molecule has 0 radical (unpaired) electrons. The van der Waals surface area contributed by atoms with Gasteiger partial charge >= 0.3 is 0 Å². The molecule has 0 aromatic heterocycles. The molecule has 0 bridgehead atoms. The summed E-state index contributed by atoms with van der Waals surface area (Å²) in [5, 5.41) is 6.84. The molecule has 0 aromatic carbocycles. The van der Waals surface area contributed by atoms with Crippen LogP contribution in [0.4, 0.5) is 0 Å². The molecule has 0 aromatic rings. The van der Waals surface area contributed by atoms with Crippen LogP contribution < -0.4 is 10.6 Å². The lowest BCUT2D eigenvalue weighted by Gasteiger charge is -2.29.